The van der Waals surface area contributed by atoms with Gasteiger partial charge in [-0.3, -0.25) is 4.98 Å². The van der Waals surface area contributed by atoms with Crippen LogP contribution in [0.25, 0.3) is 0 Å². The van der Waals surface area contributed by atoms with Crippen LogP contribution in [0.5, 0.6) is 0 Å². The molecule has 1 aromatic rings. The first-order valence-electron chi connectivity index (χ1n) is 4.35. The van der Waals surface area contributed by atoms with Crippen molar-refractivity contribution in [2.24, 2.45) is 5.73 Å². The van der Waals surface area contributed by atoms with E-state index in [1.165, 1.54) is 0 Å². The molecule has 0 saturated heterocycles. The highest BCUT2D eigenvalue weighted by Crippen LogP contribution is 2.25. The predicted octanol–water partition coefficient (Wildman–Crippen LogP) is 0.945. The molecule has 0 spiro atoms. The molecular formula is C10H16N2O. The van der Waals surface area contributed by atoms with Crippen molar-refractivity contribution in [3.63, 3.8) is 0 Å². The van der Waals surface area contributed by atoms with E-state index in [0.717, 1.165) is 11.1 Å². The molecule has 72 valence electrons. The van der Waals surface area contributed by atoms with Gasteiger partial charge in [0.05, 0.1) is 0 Å². The topological polar surface area (TPSA) is 59.1 Å². The van der Waals surface area contributed by atoms with Gasteiger partial charge in [0.2, 0.25) is 0 Å². The number of nitrogens with two attached hydrogens (primary N) is 1. The molecule has 0 fully saturated rings. The third-order valence-electron chi connectivity index (χ3n) is 2.47. The maximum Gasteiger partial charge on any atom is 0.103 e. The molecule has 0 aliphatic heterocycles. The summed E-state index contributed by atoms with van der Waals surface area (Å²) in [5, 5.41) is 10.1. The quantitative estimate of drug-likeness (QED) is 0.712. The molecule has 0 saturated carbocycles. The van der Waals surface area contributed by atoms with Gasteiger partial charge in [0.1, 0.15) is 5.60 Å². The van der Waals surface area contributed by atoms with Gasteiger partial charge in [-0.1, -0.05) is 0 Å². The number of aryl methyl sites for hydroxylation is 1. The van der Waals surface area contributed by atoms with Gasteiger partial charge in [0, 0.05) is 24.0 Å². The van der Waals surface area contributed by atoms with E-state index >= 15 is 0 Å². The zero-order valence-corrected chi connectivity index (χ0v) is 8.28. The molecule has 0 amide bonds. The molecule has 0 aliphatic rings. The Bertz CT molecular complexity index is 295. The Morgan fingerprint density at radius 3 is 2.69 bits per heavy atom. The van der Waals surface area contributed by atoms with Crippen LogP contribution in [0.3, 0.4) is 0 Å². The fraction of sp³-hybridized carbons (Fsp3) is 0.500. The third kappa shape index (κ3) is 1.87. The minimum Gasteiger partial charge on any atom is -0.384 e. The molecule has 3 heteroatoms. The van der Waals surface area contributed by atoms with Crippen molar-refractivity contribution in [3.05, 3.63) is 29.6 Å². The van der Waals surface area contributed by atoms with Gasteiger partial charge in [-0.05, 0) is 32.4 Å². The van der Waals surface area contributed by atoms with Crippen molar-refractivity contribution in [1.29, 1.82) is 0 Å². The Balaban J connectivity index is 3.14. The molecule has 3 N–H and O–H groups in total. The zero-order chi connectivity index (χ0) is 10.1. The summed E-state index contributed by atoms with van der Waals surface area (Å²) < 4.78 is 0. The highest BCUT2D eigenvalue weighted by Gasteiger charge is 2.29. The highest BCUT2D eigenvalue weighted by atomic mass is 16.3. The van der Waals surface area contributed by atoms with Crippen LogP contribution in [0.15, 0.2) is 18.5 Å². The van der Waals surface area contributed by atoms with Crippen molar-refractivity contribution in [2.45, 2.75) is 32.4 Å². The number of aromatic nitrogens is 1. The summed E-state index contributed by atoms with van der Waals surface area (Å²) in [6.07, 6.45) is 3.37. The third-order valence-corrected chi connectivity index (χ3v) is 2.47. The minimum atomic E-state index is -1.00. The van der Waals surface area contributed by atoms with Crippen LogP contribution < -0.4 is 5.73 Å². The summed E-state index contributed by atoms with van der Waals surface area (Å²) in [4.78, 5) is 3.98. The van der Waals surface area contributed by atoms with E-state index in [1.54, 1.807) is 26.2 Å². The van der Waals surface area contributed by atoms with Crippen LogP contribution in [-0.2, 0) is 5.60 Å². The van der Waals surface area contributed by atoms with Crippen LogP contribution in [0.4, 0.5) is 0 Å². The molecule has 3 nitrogen and oxygen atoms in total. The van der Waals surface area contributed by atoms with Gasteiger partial charge < -0.3 is 10.8 Å². The molecule has 0 aliphatic carbocycles. The van der Waals surface area contributed by atoms with Gasteiger partial charge in [-0.2, -0.15) is 0 Å². The first-order valence-corrected chi connectivity index (χ1v) is 4.35. The van der Waals surface area contributed by atoms with Crippen LogP contribution in [0, 0.1) is 6.92 Å². The van der Waals surface area contributed by atoms with Crippen molar-refractivity contribution >= 4 is 0 Å². The van der Waals surface area contributed by atoms with E-state index in [0.29, 0.717) is 0 Å². The second-order valence-corrected chi connectivity index (χ2v) is 3.63. The van der Waals surface area contributed by atoms with E-state index in [-0.39, 0.29) is 6.04 Å². The largest absolute Gasteiger partial charge is 0.384 e. The lowest BCUT2D eigenvalue weighted by molar-refractivity contribution is 0.0339. The SMILES string of the molecule is Cc1ccncc1C(C)(O)C(C)N. The molecule has 0 bridgehead atoms. The van der Waals surface area contributed by atoms with Gasteiger partial charge in [-0.25, -0.2) is 0 Å². The van der Waals surface area contributed by atoms with Gasteiger partial charge in [0.15, 0.2) is 0 Å². The molecule has 2 unspecified atom stereocenters. The molecule has 0 radical (unpaired) electrons. The van der Waals surface area contributed by atoms with Crippen molar-refractivity contribution in [3.8, 4) is 0 Å². The second kappa shape index (κ2) is 3.44. The smallest absolute Gasteiger partial charge is 0.103 e. The van der Waals surface area contributed by atoms with Crippen molar-refractivity contribution < 1.29 is 5.11 Å². The summed E-state index contributed by atoms with van der Waals surface area (Å²) in [6.45, 7) is 5.43. The van der Waals surface area contributed by atoms with Crippen LogP contribution >= 0.6 is 0 Å². The normalized spacial score (nSPS) is 17.9. The van der Waals surface area contributed by atoms with Crippen LogP contribution in [0.1, 0.15) is 25.0 Å². The molecule has 1 heterocycles. The molecule has 2 atom stereocenters. The lowest BCUT2D eigenvalue weighted by Gasteiger charge is -2.28. The average molecular weight is 180 g/mol. The van der Waals surface area contributed by atoms with Crippen molar-refractivity contribution in [1.82, 2.24) is 4.98 Å². The average Bonchev–Trinajstić information content (AvgIpc) is 2.04. The Morgan fingerprint density at radius 2 is 2.23 bits per heavy atom. The van der Waals surface area contributed by atoms with Gasteiger partial charge in [0.25, 0.3) is 0 Å². The Labute approximate surface area is 78.6 Å². The Hall–Kier alpha value is -0.930. The number of hydrogen-bond acceptors (Lipinski definition) is 3. The number of rotatable bonds is 2. The molecule has 0 aromatic carbocycles. The molecular weight excluding hydrogens is 164 g/mol. The maximum absolute atomic E-state index is 10.1. The number of aliphatic hydroxyl groups is 1. The molecule has 13 heavy (non-hydrogen) atoms. The van der Waals surface area contributed by atoms with E-state index in [9.17, 15) is 5.11 Å². The summed E-state index contributed by atoms with van der Waals surface area (Å²) in [7, 11) is 0. The molecule has 1 rings (SSSR count). The maximum atomic E-state index is 10.1. The zero-order valence-electron chi connectivity index (χ0n) is 8.28. The number of pyridine rings is 1. The predicted molar refractivity (Wildman–Crippen MR) is 52.2 cm³/mol. The highest BCUT2D eigenvalue weighted by molar-refractivity contribution is 5.28. The van der Waals surface area contributed by atoms with Crippen molar-refractivity contribution in [2.75, 3.05) is 0 Å². The summed E-state index contributed by atoms with van der Waals surface area (Å²) >= 11 is 0. The van der Waals surface area contributed by atoms with E-state index in [1.807, 2.05) is 13.0 Å². The Morgan fingerprint density at radius 1 is 1.62 bits per heavy atom. The first kappa shape index (κ1) is 10.2. The summed E-state index contributed by atoms with van der Waals surface area (Å²) in [5.74, 6) is 0. The number of nitrogens with zero attached hydrogens (tertiary/aromatic N) is 1. The lowest BCUT2D eigenvalue weighted by atomic mass is 9.88. The fourth-order valence-corrected chi connectivity index (χ4v) is 1.24. The Kier molecular flexibility index (Phi) is 2.68. The molecule has 1 aromatic heterocycles. The van der Waals surface area contributed by atoms with Gasteiger partial charge in [-0.15, -0.1) is 0 Å². The minimum absolute atomic E-state index is 0.310. The first-order chi connectivity index (χ1) is 5.96. The van der Waals surface area contributed by atoms with Crippen LogP contribution in [-0.4, -0.2) is 16.1 Å². The summed E-state index contributed by atoms with van der Waals surface area (Å²) in [5.41, 5.74) is 6.50. The standard InChI is InChI=1S/C10H16N2O/c1-7-4-5-12-6-9(7)10(3,13)8(2)11/h4-6,8,13H,11H2,1-3H3. The van der Waals surface area contributed by atoms with E-state index in [2.05, 4.69) is 4.98 Å². The monoisotopic (exact) mass is 180 g/mol. The fourth-order valence-electron chi connectivity index (χ4n) is 1.24. The number of hydrogen-bond donors (Lipinski definition) is 2. The lowest BCUT2D eigenvalue weighted by Crippen LogP contribution is -2.41. The van der Waals surface area contributed by atoms with E-state index in [4.69, 9.17) is 5.73 Å². The van der Waals surface area contributed by atoms with E-state index < -0.39 is 5.60 Å². The van der Waals surface area contributed by atoms with Crippen LogP contribution in [0.2, 0.25) is 0 Å². The second-order valence-electron chi connectivity index (χ2n) is 3.63. The summed E-state index contributed by atoms with van der Waals surface area (Å²) in [6, 6.07) is 1.56. The van der Waals surface area contributed by atoms with Gasteiger partial charge >= 0.3 is 0 Å².